The third-order valence-corrected chi connectivity index (χ3v) is 4.53. The lowest BCUT2D eigenvalue weighted by Gasteiger charge is -2.05. The smallest absolute Gasteiger partial charge is 0.308 e. The van der Waals surface area contributed by atoms with Crippen LogP contribution in [0.3, 0.4) is 0 Å². The number of carbonyl (C=O) groups excluding carboxylic acids is 2. The Morgan fingerprint density at radius 1 is 0.960 bits per heavy atom. The minimum Gasteiger partial charge on any atom is -0.308 e. The Kier molecular flexibility index (Phi) is 5.00. The fourth-order valence-corrected chi connectivity index (χ4v) is 3.11. The molecular weight excluding hydrogens is 360 g/mol. The molecule has 1 aromatic carbocycles. The van der Waals surface area contributed by atoms with E-state index in [1.807, 2.05) is 19.1 Å². The number of benzene rings is 1. The van der Waals surface area contributed by atoms with Gasteiger partial charge in [0.05, 0.1) is 0 Å². The van der Waals surface area contributed by atoms with Gasteiger partial charge in [0.1, 0.15) is 10.7 Å². The van der Waals surface area contributed by atoms with Gasteiger partial charge >= 0.3 is 6.03 Å². The van der Waals surface area contributed by atoms with Crippen LogP contribution in [0.15, 0.2) is 29.6 Å². The van der Waals surface area contributed by atoms with E-state index in [-0.39, 0.29) is 5.69 Å². The number of thiazole rings is 1. The average Bonchev–Trinajstić information content (AvgIpc) is 3.19. The summed E-state index contributed by atoms with van der Waals surface area (Å²) < 4.78 is 0. The molecule has 8 nitrogen and oxygen atoms in total. The fraction of sp³-hybridized carbons (Fsp3) is 0.133. The van der Waals surface area contributed by atoms with E-state index in [1.165, 1.54) is 11.3 Å². The number of nitrogens with one attached hydrogen (secondary N) is 3. The van der Waals surface area contributed by atoms with Gasteiger partial charge in [0.2, 0.25) is 5.13 Å². The minimum absolute atomic E-state index is 0.198. The molecule has 0 fully saturated rings. The van der Waals surface area contributed by atoms with Crippen LogP contribution in [-0.4, -0.2) is 27.1 Å². The highest BCUT2D eigenvalue weighted by atomic mass is 32.1. The second kappa shape index (κ2) is 7.36. The zero-order valence-corrected chi connectivity index (χ0v) is 15.0. The SMILES string of the molecule is Cc1ccc(NC(=O)Nc2nc(C(=O)Nc3nnc(C)s3)cs2)cc1. The summed E-state index contributed by atoms with van der Waals surface area (Å²) in [7, 11) is 0. The molecule has 0 spiro atoms. The number of rotatable bonds is 4. The summed E-state index contributed by atoms with van der Waals surface area (Å²) in [5, 5.41) is 18.6. The highest BCUT2D eigenvalue weighted by molar-refractivity contribution is 7.15. The quantitative estimate of drug-likeness (QED) is 0.647. The number of amides is 3. The maximum absolute atomic E-state index is 12.1. The normalized spacial score (nSPS) is 10.3. The lowest BCUT2D eigenvalue weighted by atomic mass is 10.2. The van der Waals surface area contributed by atoms with E-state index in [1.54, 1.807) is 24.4 Å². The Balaban J connectivity index is 1.58. The van der Waals surface area contributed by atoms with Crippen LogP contribution < -0.4 is 16.0 Å². The number of hydrogen-bond acceptors (Lipinski definition) is 7. The van der Waals surface area contributed by atoms with Gasteiger partial charge in [-0.1, -0.05) is 29.0 Å². The number of carbonyl (C=O) groups is 2. The van der Waals surface area contributed by atoms with E-state index < -0.39 is 11.9 Å². The first kappa shape index (κ1) is 17.0. The van der Waals surface area contributed by atoms with Gasteiger partial charge in [0.15, 0.2) is 5.13 Å². The molecule has 0 bridgehead atoms. The Morgan fingerprint density at radius 3 is 2.40 bits per heavy atom. The highest BCUT2D eigenvalue weighted by Crippen LogP contribution is 2.19. The molecule has 0 atom stereocenters. The maximum atomic E-state index is 12.1. The van der Waals surface area contributed by atoms with Crippen LogP contribution >= 0.6 is 22.7 Å². The molecule has 0 radical (unpaired) electrons. The van der Waals surface area contributed by atoms with E-state index in [0.717, 1.165) is 21.9 Å². The van der Waals surface area contributed by atoms with Gasteiger partial charge in [0.25, 0.3) is 5.91 Å². The molecule has 0 saturated carbocycles. The van der Waals surface area contributed by atoms with Gasteiger partial charge in [-0.3, -0.25) is 15.4 Å². The molecule has 3 rings (SSSR count). The second-order valence-electron chi connectivity index (χ2n) is 5.06. The molecule has 0 aliphatic rings. The molecule has 0 aliphatic heterocycles. The van der Waals surface area contributed by atoms with Gasteiger partial charge in [-0.2, -0.15) is 0 Å². The van der Waals surface area contributed by atoms with E-state index >= 15 is 0 Å². The molecule has 0 aliphatic carbocycles. The molecule has 128 valence electrons. The summed E-state index contributed by atoms with van der Waals surface area (Å²) in [6.45, 7) is 3.76. The van der Waals surface area contributed by atoms with Crippen LogP contribution in [0.1, 0.15) is 21.1 Å². The van der Waals surface area contributed by atoms with Crippen LogP contribution in [-0.2, 0) is 0 Å². The molecule has 0 unspecified atom stereocenters. The van der Waals surface area contributed by atoms with Gasteiger partial charge in [-0.05, 0) is 26.0 Å². The van der Waals surface area contributed by atoms with Crippen LogP contribution in [0.2, 0.25) is 0 Å². The number of aromatic nitrogens is 3. The largest absolute Gasteiger partial charge is 0.325 e. The Hall–Kier alpha value is -2.85. The highest BCUT2D eigenvalue weighted by Gasteiger charge is 2.14. The molecular formula is C15H14N6O2S2. The Labute approximate surface area is 151 Å². The van der Waals surface area contributed by atoms with E-state index in [0.29, 0.717) is 16.0 Å². The van der Waals surface area contributed by atoms with Crippen molar-refractivity contribution in [3.8, 4) is 0 Å². The van der Waals surface area contributed by atoms with Gasteiger partial charge in [-0.15, -0.1) is 21.5 Å². The number of urea groups is 1. The molecule has 25 heavy (non-hydrogen) atoms. The summed E-state index contributed by atoms with van der Waals surface area (Å²) in [5.74, 6) is -0.403. The monoisotopic (exact) mass is 374 g/mol. The van der Waals surface area contributed by atoms with Crippen molar-refractivity contribution in [2.24, 2.45) is 0 Å². The van der Waals surface area contributed by atoms with E-state index in [9.17, 15) is 9.59 Å². The van der Waals surface area contributed by atoms with Crippen LogP contribution in [0.4, 0.5) is 20.7 Å². The number of nitrogens with zero attached hydrogens (tertiary/aromatic N) is 3. The minimum atomic E-state index is -0.426. The first-order chi connectivity index (χ1) is 12.0. The summed E-state index contributed by atoms with van der Waals surface area (Å²) in [6, 6.07) is 6.98. The maximum Gasteiger partial charge on any atom is 0.325 e. The van der Waals surface area contributed by atoms with Crippen molar-refractivity contribution < 1.29 is 9.59 Å². The van der Waals surface area contributed by atoms with Crippen molar-refractivity contribution in [3.05, 3.63) is 45.9 Å². The fourth-order valence-electron chi connectivity index (χ4n) is 1.84. The van der Waals surface area contributed by atoms with Crippen LogP contribution in [0.5, 0.6) is 0 Å². The molecule has 10 heteroatoms. The number of hydrogen-bond donors (Lipinski definition) is 3. The summed E-state index contributed by atoms with van der Waals surface area (Å²) in [5.41, 5.74) is 1.97. The third-order valence-electron chi connectivity index (χ3n) is 3.01. The predicted molar refractivity (Wildman–Crippen MR) is 98.5 cm³/mol. The molecule has 2 aromatic heterocycles. The predicted octanol–water partition coefficient (Wildman–Crippen LogP) is 3.51. The Morgan fingerprint density at radius 2 is 1.72 bits per heavy atom. The standard InChI is InChI=1S/C15H14N6O2S2/c1-8-3-5-10(6-4-8)16-13(23)19-14-17-11(7-24-14)12(22)18-15-21-20-9(2)25-15/h3-7H,1-2H3,(H,18,21,22)(H2,16,17,19,23). The Bertz CT molecular complexity index is 903. The lowest BCUT2D eigenvalue weighted by Crippen LogP contribution is -2.19. The number of anilines is 3. The third kappa shape index (κ3) is 4.58. The van der Waals surface area contributed by atoms with E-state index in [2.05, 4.69) is 31.1 Å². The van der Waals surface area contributed by atoms with Gasteiger partial charge < -0.3 is 5.32 Å². The molecule has 2 heterocycles. The first-order valence-corrected chi connectivity index (χ1v) is 8.91. The van der Waals surface area contributed by atoms with Crippen molar-refractivity contribution in [2.45, 2.75) is 13.8 Å². The average molecular weight is 374 g/mol. The van der Waals surface area contributed by atoms with E-state index in [4.69, 9.17) is 0 Å². The molecule has 3 aromatic rings. The van der Waals surface area contributed by atoms with Crippen LogP contribution in [0.25, 0.3) is 0 Å². The number of aryl methyl sites for hydroxylation is 2. The lowest BCUT2D eigenvalue weighted by molar-refractivity contribution is 0.102. The van der Waals surface area contributed by atoms with Gasteiger partial charge in [-0.25, -0.2) is 9.78 Å². The topological polar surface area (TPSA) is 109 Å². The molecule has 0 saturated heterocycles. The van der Waals surface area contributed by atoms with Crippen LogP contribution in [0, 0.1) is 13.8 Å². The van der Waals surface area contributed by atoms with Crippen molar-refractivity contribution >= 4 is 50.6 Å². The summed E-state index contributed by atoms with van der Waals surface area (Å²) in [6.07, 6.45) is 0. The molecule has 3 amide bonds. The summed E-state index contributed by atoms with van der Waals surface area (Å²) >= 11 is 2.43. The van der Waals surface area contributed by atoms with Crippen molar-refractivity contribution in [2.75, 3.05) is 16.0 Å². The zero-order valence-electron chi connectivity index (χ0n) is 13.4. The molecule has 3 N–H and O–H groups in total. The first-order valence-electron chi connectivity index (χ1n) is 7.21. The summed E-state index contributed by atoms with van der Waals surface area (Å²) in [4.78, 5) is 28.2. The van der Waals surface area contributed by atoms with Crippen molar-refractivity contribution in [3.63, 3.8) is 0 Å². The van der Waals surface area contributed by atoms with Gasteiger partial charge in [0, 0.05) is 11.1 Å². The van der Waals surface area contributed by atoms with Crippen molar-refractivity contribution in [1.82, 2.24) is 15.2 Å². The van der Waals surface area contributed by atoms with Crippen molar-refractivity contribution in [1.29, 1.82) is 0 Å². The second-order valence-corrected chi connectivity index (χ2v) is 7.10. The zero-order chi connectivity index (χ0) is 17.8.